The summed E-state index contributed by atoms with van der Waals surface area (Å²) in [5, 5.41) is 23.5. The van der Waals surface area contributed by atoms with E-state index in [0.29, 0.717) is 22.0 Å². The summed E-state index contributed by atoms with van der Waals surface area (Å²) in [5.41, 5.74) is 1.83. The van der Waals surface area contributed by atoms with Crippen LogP contribution in [0.5, 0.6) is 5.19 Å². The number of nitriles is 1. The molecule has 25 heavy (non-hydrogen) atoms. The molecule has 126 valence electrons. The standard InChI is InChI=1S/C16H11FN4O3S/c17-13-3-10(4-18)1-2-11(13)8-24-16-20-14(9-25-16)12-5-19-21(6-12)7-15(22)23/h1-3,5-6,9H,7-8H2,(H,22,23). The summed E-state index contributed by atoms with van der Waals surface area (Å²) in [6.07, 6.45) is 3.09. The third-order valence-corrected chi connectivity index (χ3v) is 3.99. The average molecular weight is 358 g/mol. The Kier molecular flexibility index (Phi) is 4.72. The number of carbonyl (C=O) groups is 1. The Balaban J connectivity index is 1.67. The lowest BCUT2D eigenvalue weighted by Crippen LogP contribution is -2.08. The van der Waals surface area contributed by atoms with Crippen LogP contribution in [0, 0.1) is 17.1 Å². The van der Waals surface area contributed by atoms with Crippen LogP contribution in [0.15, 0.2) is 36.0 Å². The van der Waals surface area contributed by atoms with Gasteiger partial charge in [-0.1, -0.05) is 17.4 Å². The number of halogens is 1. The van der Waals surface area contributed by atoms with Crippen molar-refractivity contribution in [3.63, 3.8) is 0 Å². The van der Waals surface area contributed by atoms with Gasteiger partial charge in [-0.15, -0.1) is 0 Å². The molecule has 3 rings (SSSR count). The summed E-state index contributed by atoms with van der Waals surface area (Å²) >= 11 is 1.24. The monoisotopic (exact) mass is 358 g/mol. The summed E-state index contributed by atoms with van der Waals surface area (Å²) in [7, 11) is 0. The molecule has 0 amide bonds. The van der Waals surface area contributed by atoms with Gasteiger partial charge in [0.15, 0.2) is 0 Å². The van der Waals surface area contributed by atoms with Crippen molar-refractivity contribution in [2.75, 3.05) is 0 Å². The summed E-state index contributed by atoms with van der Waals surface area (Å²) in [6.45, 7) is -0.242. The van der Waals surface area contributed by atoms with Crippen molar-refractivity contribution >= 4 is 17.3 Å². The Morgan fingerprint density at radius 1 is 1.48 bits per heavy atom. The lowest BCUT2D eigenvalue weighted by atomic mass is 10.1. The number of rotatable bonds is 6. The van der Waals surface area contributed by atoms with E-state index in [2.05, 4.69) is 10.1 Å². The van der Waals surface area contributed by atoms with Crippen molar-refractivity contribution in [1.82, 2.24) is 14.8 Å². The maximum atomic E-state index is 13.8. The highest BCUT2D eigenvalue weighted by molar-refractivity contribution is 7.11. The van der Waals surface area contributed by atoms with Crippen molar-refractivity contribution in [3.8, 4) is 22.5 Å². The predicted molar refractivity (Wildman–Crippen MR) is 86.4 cm³/mol. The van der Waals surface area contributed by atoms with Gasteiger partial charge in [0.05, 0.1) is 23.5 Å². The number of aromatic nitrogens is 3. The van der Waals surface area contributed by atoms with Crippen LogP contribution in [-0.4, -0.2) is 25.8 Å². The van der Waals surface area contributed by atoms with Crippen LogP contribution in [0.25, 0.3) is 11.3 Å². The molecule has 0 bridgehead atoms. The Morgan fingerprint density at radius 3 is 3.04 bits per heavy atom. The molecule has 0 atom stereocenters. The summed E-state index contributed by atoms with van der Waals surface area (Å²) < 4.78 is 20.6. The van der Waals surface area contributed by atoms with Crippen molar-refractivity contribution in [1.29, 1.82) is 5.26 Å². The first-order chi connectivity index (χ1) is 12.0. The number of nitrogens with zero attached hydrogens (tertiary/aromatic N) is 4. The first-order valence-corrected chi connectivity index (χ1v) is 7.94. The average Bonchev–Trinajstić information content (AvgIpc) is 3.22. The smallest absolute Gasteiger partial charge is 0.325 e. The number of hydrogen-bond acceptors (Lipinski definition) is 6. The van der Waals surface area contributed by atoms with Crippen LogP contribution < -0.4 is 4.74 Å². The summed E-state index contributed by atoms with van der Waals surface area (Å²) in [4.78, 5) is 14.9. The van der Waals surface area contributed by atoms with Gasteiger partial charge in [0.25, 0.3) is 5.19 Å². The molecule has 0 fully saturated rings. The lowest BCUT2D eigenvalue weighted by Gasteiger charge is -2.04. The third-order valence-electron chi connectivity index (χ3n) is 3.24. The SMILES string of the molecule is N#Cc1ccc(COc2nc(-c3cnn(CC(=O)O)c3)cs2)c(F)c1. The molecule has 0 saturated carbocycles. The highest BCUT2D eigenvalue weighted by Gasteiger charge is 2.10. The van der Waals surface area contributed by atoms with Gasteiger partial charge in [-0.25, -0.2) is 9.37 Å². The van der Waals surface area contributed by atoms with Gasteiger partial charge >= 0.3 is 5.97 Å². The minimum atomic E-state index is -0.985. The van der Waals surface area contributed by atoms with Gasteiger partial charge in [-0.2, -0.15) is 10.4 Å². The number of carboxylic acid groups (broad SMARTS) is 1. The van der Waals surface area contributed by atoms with Crippen LogP contribution in [0.1, 0.15) is 11.1 Å². The molecule has 2 aromatic heterocycles. The quantitative estimate of drug-likeness (QED) is 0.727. The summed E-state index contributed by atoms with van der Waals surface area (Å²) in [5.74, 6) is -1.49. The zero-order valence-electron chi connectivity index (χ0n) is 12.7. The van der Waals surface area contributed by atoms with Crippen molar-refractivity contribution in [3.05, 3.63) is 52.9 Å². The third kappa shape index (κ3) is 3.99. The van der Waals surface area contributed by atoms with E-state index in [1.807, 2.05) is 6.07 Å². The highest BCUT2D eigenvalue weighted by atomic mass is 32.1. The molecule has 1 N–H and O–H groups in total. The van der Waals surface area contributed by atoms with E-state index in [1.54, 1.807) is 11.6 Å². The lowest BCUT2D eigenvalue weighted by molar-refractivity contribution is -0.137. The zero-order valence-corrected chi connectivity index (χ0v) is 13.5. The normalized spacial score (nSPS) is 10.4. The van der Waals surface area contributed by atoms with E-state index in [-0.39, 0.29) is 18.7 Å². The molecule has 0 saturated heterocycles. The van der Waals surface area contributed by atoms with E-state index in [1.165, 1.54) is 34.3 Å². The summed E-state index contributed by atoms with van der Waals surface area (Å²) in [6, 6.07) is 6.04. The fraction of sp³-hybridized carbons (Fsp3) is 0.125. The molecule has 1 aromatic carbocycles. The van der Waals surface area contributed by atoms with Gasteiger partial charge < -0.3 is 9.84 Å². The van der Waals surface area contributed by atoms with Crippen molar-refractivity contribution < 1.29 is 19.0 Å². The Hall–Kier alpha value is -3.25. The van der Waals surface area contributed by atoms with E-state index in [9.17, 15) is 9.18 Å². The van der Waals surface area contributed by atoms with Crippen LogP contribution in [-0.2, 0) is 17.9 Å². The maximum absolute atomic E-state index is 13.8. The van der Waals surface area contributed by atoms with Gasteiger partial charge in [0.2, 0.25) is 0 Å². The Morgan fingerprint density at radius 2 is 2.32 bits per heavy atom. The minimum absolute atomic E-state index is 0.0111. The molecule has 0 aliphatic rings. The van der Waals surface area contributed by atoms with Crippen molar-refractivity contribution in [2.24, 2.45) is 0 Å². The van der Waals surface area contributed by atoms with E-state index < -0.39 is 11.8 Å². The molecule has 2 heterocycles. The van der Waals surface area contributed by atoms with Crippen molar-refractivity contribution in [2.45, 2.75) is 13.2 Å². The van der Waals surface area contributed by atoms with Gasteiger partial charge in [0, 0.05) is 22.7 Å². The molecule has 3 aromatic rings. The van der Waals surface area contributed by atoms with E-state index >= 15 is 0 Å². The number of ether oxygens (including phenoxy) is 1. The number of benzene rings is 1. The molecule has 0 unspecified atom stereocenters. The number of thiazole rings is 1. The first-order valence-electron chi connectivity index (χ1n) is 7.06. The van der Waals surface area contributed by atoms with E-state index in [0.717, 1.165) is 6.07 Å². The maximum Gasteiger partial charge on any atom is 0.325 e. The topological polar surface area (TPSA) is 101 Å². The molecule has 7 nitrogen and oxygen atoms in total. The van der Waals surface area contributed by atoms with E-state index in [4.69, 9.17) is 15.1 Å². The number of aliphatic carboxylic acids is 1. The largest absolute Gasteiger partial charge is 0.480 e. The van der Waals surface area contributed by atoms with Crippen LogP contribution >= 0.6 is 11.3 Å². The fourth-order valence-corrected chi connectivity index (χ4v) is 2.73. The van der Waals surface area contributed by atoms with Crippen LogP contribution in [0.3, 0.4) is 0 Å². The Bertz CT molecular complexity index is 960. The highest BCUT2D eigenvalue weighted by Crippen LogP contribution is 2.27. The van der Waals surface area contributed by atoms with Crippen LogP contribution in [0.4, 0.5) is 4.39 Å². The number of carboxylic acids is 1. The molecule has 0 aliphatic carbocycles. The molecule has 0 spiro atoms. The van der Waals surface area contributed by atoms with Gasteiger partial charge in [-0.3, -0.25) is 9.48 Å². The second-order valence-corrected chi connectivity index (χ2v) is 5.85. The minimum Gasteiger partial charge on any atom is -0.480 e. The molecule has 0 radical (unpaired) electrons. The second kappa shape index (κ2) is 7.11. The second-order valence-electron chi connectivity index (χ2n) is 5.03. The zero-order chi connectivity index (χ0) is 17.8. The fourth-order valence-electron chi connectivity index (χ4n) is 2.05. The molecule has 0 aliphatic heterocycles. The van der Waals surface area contributed by atoms with Gasteiger partial charge in [0.1, 0.15) is 19.0 Å². The van der Waals surface area contributed by atoms with Crippen LogP contribution in [0.2, 0.25) is 0 Å². The number of hydrogen-bond donors (Lipinski definition) is 1. The first kappa shape index (κ1) is 16.6. The van der Waals surface area contributed by atoms with Gasteiger partial charge in [-0.05, 0) is 12.1 Å². The predicted octanol–water partition coefficient (Wildman–Crippen LogP) is 2.68. The molecule has 9 heteroatoms. The Labute approximate surface area is 145 Å². The molecular weight excluding hydrogens is 347 g/mol. The molecular formula is C16H11FN4O3S.